The third-order valence-corrected chi connectivity index (χ3v) is 3.59. The van der Waals surface area contributed by atoms with Crippen molar-refractivity contribution in [3.8, 4) is 17.0 Å². The van der Waals surface area contributed by atoms with Crippen LogP contribution in [-0.4, -0.2) is 34.0 Å². The van der Waals surface area contributed by atoms with Crippen molar-refractivity contribution in [2.75, 3.05) is 0 Å². The van der Waals surface area contributed by atoms with E-state index in [1.54, 1.807) is 45.0 Å². The highest BCUT2D eigenvalue weighted by atomic mass is 19.1. The zero-order valence-electron chi connectivity index (χ0n) is 14.7. The molecule has 0 aliphatic carbocycles. The van der Waals surface area contributed by atoms with E-state index >= 15 is 0 Å². The zero-order chi connectivity index (χ0) is 18.9. The Morgan fingerprint density at radius 2 is 2.04 bits per heavy atom. The number of hydrogen-bond donors (Lipinski definition) is 1. The van der Waals surface area contributed by atoms with Gasteiger partial charge in [-0.05, 0) is 50.1 Å². The maximum atomic E-state index is 13.6. The number of carbonyl (C=O) groups is 1. The Hall–Kier alpha value is -2.87. The van der Waals surface area contributed by atoms with Crippen molar-refractivity contribution in [1.82, 2.24) is 9.55 Å². The number of rotatable bonds is 3. The first-order valence-electron chi connectivity index (χ1n) is 8.03. The van der Waals surface area contributed by atoms with E-state index in [4.69, 9.17) is 14.4 Å². The molecule has 1 aromatic carbocycles. The number of hydrogen-bond acceptors (Lipinski definition) is 5. The number of pyridine rings is 1. The average Bonchev–Trinajstić information content (AvgIpc) is 2.91. The lowest BCUT2D eigenvalue weighted by Gasteiger charge is -2.20. The Balaban J connectivity index is 2.20. The standard InChI is InChI=1S/C18H18BFN2O4/c1-18(2,3)25-17(23)22-15(26-19-24)10-14-13(7-8-21-16(14)22)11-5-4-6-12(20)9-11/h4-10,19,24H,1-3H3. The summed E-state index contributed by atoms with van der Waals surface area (Å²) in [6, 6.07) is 9.41. The molecule has 3 rings (SSSR count). The highest BCUT2D eigenvalue weighted by molar-refractivity contribution is 6.17. The Morgan fingerprint density at radius 1 is 1.27 bits per heavy atom. The van der Waals surface area contributed by atoms with Crippen molar-refractivity contribution < 1.29 is 23.6 Å². The van der Waals surface area contributed by atoms with E-state index in [1.165, 1.54) is 18.3 Å². The number of halogens is 1. The highest BCUT2D eigenvalue weighted by Gasteiger charge is 2.24. The second-order valence-corrected chi connectivity index (χ2v) is 6.68. The quantitative estimate of drug-likeness (QED) is 0.730. The average molecular weight is 356 g/mol. The molecule has 0 aliphatic heterocycles. The molecule has 0 fully saturated rings. The van der Waals surface area contributed by atoms with Crippen molar-refractivity contribution in [3.05, 3.63) is 48.4 Å². The maximum Gasteiger partial charge on any atom is 0.505 e. The second-order valence-electron chi connectivity index (χ2n) is 6.68. The zero-order valence-corrected chi connectivity index (χ0v) is 14.7. The topological polar surface area (TPSA) is 73.6 Å². The Labute approximate surface area is 150 Å². The van der Waals surface area contributed by atoms with Gasteiger partial charge in [0.05, 0.1) is 0 Å². The summed E-state index contributed by atoms with van der Waals surface area (Å²) in [6.07, 6.45) is 0.839. The molecule has 26 heavy (non-hydrogen) atoms. The molecule has 134 valence electrons. The first kappa shape index (κ1) is 17.9. The number of ether oxygens (including phenoxy) is 1. The van der Waals surface area contributed by atoms with E-state index in [-0.39, 0.29) is 11.7 Å². The molecule has 0 aliphatic rings. The smallest absolute Gasteiger partial charge is 0.505 e. The van der Waals surface area contributed by atoms with Gasteiger partial charge in [0.2, 0.25) is 0 Å². The van der Waals surface area contributed by atoms with Gasteiger partial charge < -0.3 is 14.4 Å². The summed E-state index contributed by atoms with van der Waals surface area (Å²) in [7, 11) is -0.617. The van der Waals surface area contributed by atoms with Crippen molar-refractivity contribution in [2.24, 2.45) is 0 Å². The Kier molecular flexibility index (Phi) is 4.69. The normalized spacial score (nSPS) is 11.4. The van der Waals surface area contributed by atoms with Crippen molar-refractivity contribution in [3.63, 3.8) is 0 Å². The SMILES string of the molecule is CC(C)(C)OC(=O)n1c(OBO)cc2c(-c3cccc(F)c3)ccnc21. The van der Waals surface area contributed by atoms with E-state index in [1.807, 2.05) is 0 Å². The molecule has 0 spiro atoms. The molecule has 0 unspecified atom stereocenters. The van der Waals surface area contributed by atoms with Crippen LogP contribution >= 0.6 is 0 Å². The van der Waals surface area contributed by atoms with Gasteiger partial charge in [-0.25, -0.2) is 14.2 Å². The number of benzene rings is 1. The van der Waals surface area contributed by atoms with Gasteiger partial charge in [0, 0.05) is 17.6 Å². The highest BCUT2D eigenvalue weighted by Crippen LogP contribution is 2.33. The van der Waals surface area contributed by atoms with Crippen LogP contribution in [0, 0.1) is 5.82 Å². The molecule has 0 atom stereocenters. The van der Waals surface area contributed by atoms with Crippen LogP contribution in [0.3, 0.4) is 0 Å². The van der Waals surface area contributed by atoms with Crippen molar-refractivity contribution >= 4 is 24.8 Å². The third kappa shape index (κ3) is 3.55. The van der Waals surface area contributed by atoms with E-state index in [9.17, 15) is 9.18 Å². The van der Waals surface area contributed by atoms with E-state index < -0.39 is 19.4 Å². The van der Waals surface area contributed by atoms with Crippen molar-refractivity contribution in [1.29, 1.82) is 0 Å². The lowest BCUT2D eigenvalue weighted by molar-refractivity contribution is 0.0536. The number of carbonyl (C=O) groups excluding carboxylic acids is 1. The summed E-state index contributed by atoms with van der Waals surface area (Å²) in [6.45, 7) is 5.23. The fourth-order valence-corrected chi connectivity index (χ4v) is 2.64. The summed E-state index contributed by atoms with van der Waals surface area (Å²) < 4.78 is 25.4. The van der Waals surface area contributed by atoms with Crippen LogP contribution in [0.4, 0.5) is 9.18 Å². The van der Waals surface area contributed by atoms with Gasteiger partial charge in [0.25, 0.3) is 0 Å². The van der Waals surface area contributed by atoms with Crippen LogP contribution in [0.25, 0.3) is 22.2 Å². The summed E-state index contributed by atoms with van der Waals surface area (Å²) in [4.78, 5) is 16.9. The van der Waals surface area contributed by atoms with Gasteiger partial charge in [-0.15, -0.1) is 0 Å². The monoisotopic (exact) mass is 356 g/mol. The molecule has 2 heterocycles. The predicted molar refractivity (Wildman–Crippen MR) is 96.8 cm³/mol. The third-order valence-electron chi connectivity index (χ3n) is 3.59. The molecule has 6 nitrogen and oxygen atoms in total. The number of nitrogens with zero attached hydrogens (tertiary/aromatic N) is 2. The molecular weight excluding hydrogens is 338 g/mol. The predicted octanol–water partition coefficient (Wildman–Crippen LogP) is 3.26. The molecule has 0 saturated carbocycles. The molecular formula is C18H18BFN2O4. The van der Waals surface area contributed by atoms with Crippen LogP contribution < -0.4 is 4.65 Å². The summed E-state index contributed by atoms with van der Waals surface area (Å²) in [5, 5.41) is 9.73. The van der Waals surface area contributed by atoms with E-state index in [0.717, 1.165) is 4.57 Å². The van der Waals surface area contributed by atoms with Gasteiger partial charge in [0.15, 0.2) is 11.5 Å². The van der Waals surface area contributed by atoms with Crippen LogP contribution in [0.1, 0.15) is 20.8 Å². The fourth-order valence-electron chi connectivity index (χ4n) is 2.64. The Morgan fingerprint density at radius 3 is 2.69 bits per heavy atom. The Bertz CT molecular complexity index is 965. The van der Waals surface area contributed by atoms with Crippen LogP contribution in [0.5, 0.6) is 5.88 Å². The molecule has 0 amide bonds. The van der Waals surface area contributed by atoms with E-state index in [0.29, 0.717) is 22.2 Å². The van der Waals surface area contributed by atoms with Gasteiger partial charge in [-0.3, -0.25) is 0 Å². The minimum Gasteiger partial charge on any atom is -0.526 e. The van der Waals surface area contributed by atoms with E-state index in [2.05, 4.69) is 4.98 Å². The molecule has 0 radical (unpaired) electrons. The number of fused-ring (bicyclic) bond motifs is 1. The van der Waals surface area contributed by atoms with Crippen LogP contribution in [0.15, 0.2) is 42.6 Å². The summed E-state index contributed by atoms with van der Waals surface area (Å²) >= 11 is 0. The lowest BCUT2D eigenvalue weighted by atomic mass is 10.0. The van der Waals surface area contributed by atoms with Gasteiger partial charge >= 0.3 is 13.8 Å². The molecule has 1 N–H and O–H groups in total. The molecule has 3 aromatic rings. The van der Waals surface area contributed by atoms with Crippen molar-refractivity contribution in [2.45, 2.75) is 26.4 Å². The second kappa shape index (κ2) is 6.80. The largest absolute Gasteiger partial charge is 0.526 e. The van der Waals surface area contributed by atoms with Crippen LogP contribution in [0.2, 0.25) is 0 Å². The first-order valence-corrected chi connectivity index (χ1v) is 8.03. The molecule has 0 saturated heterocycles. The summed E-state index contributed by atoms with van der Waals surface area (Å²) in [5.74, 6) is -0.279. The molecule has 2 aromatic heterocycles. The lowest BCUT2D eigenvalue weighted by Crippen LogP contribution is -2.27. The van der Waals surface area contributed by atoms with Gasteiger partial charge in [-0.2, -0.15) is 4.57 Å². The number of aromatic nitrogens is 2. The molecule has 0 bridgehead atoms. The minimum atomic E-state index is -0.718. The summed E-state index contributed by atoms with van der Waals surface area (Å²) in [5.41, 5.74) is 0.892. The maximum absolute atomic E-state index is 13.6. The minimum absolute atomic E-state index is 0.0908. The first-order chi connectivity index (χ1) is 12.3. The van der Waals surface area contributed by atoms with Gasteiger partial charge in [0.1, 0.15) is 11.4 Å². The fraction of sp³-hybridized carbons (Fsp3) is 0.222. The molecule has 8 heteroatoms. The van der Waals surface area contributed by atoms with Crippen LogP contribution in [-0.2, 0) is 4.74 Å². The van der Waals surface area contributed by atoms with Gasteiger partial charge in [-0.1, -0.05) is 12.1 Å².